The lowest BCUT2D eigenvalue weighted by atomic mass is 9.76. The van der Waals surface area contributed by atoms with Crippen molar-refractivity contribution in [3.63, 3.8) is 0 Å². The van der Waals surface area contributed by atoms with Crippen LogP contribution in [0, 0.1) is 0 Å². The van der Waals surface area contributed by atoms with Crippen LogP contribution in [0.2, 0.25) is 5.02 Å². The minimum atomic E-state index is -0.489. The second-order valence-corrected chi connectivity index (χ2v) is 5.31. The maximum Gasteiger partial charge on any atom is 0.0688 e. The molecule has 1 aliphatic rings. The lowest BCUT2D eigenvalue weighted by molar-refractivity contribution is -0.0322. The van der Waals surface area contributed by atoms with Crippen LogP contribution >= 0.6 is 27.5 Å². The largest absolute Gasteiger partial charge is 0.390 e. The summed E-state index contributed by atoms with van der Waals surface area (Å²) in [6, 6.07) is 5.81. The molecule has 0 radical (unpaired) electrons. The minimum absolute atomic E-state index is 0.489. The van der Waals surface area contributed by atoms with E-state index in [1.165, 1.54) is 0 Å². The van der Waals surface area contributed by atoms with Crippen molar-refractivity contribution in [2.24, 2.45) is 0 Å². The summed E-state index contributed by atoms with van der Waals surface area (Å²) < 4.78 is 0.979. The van der Waals surface area contributed by atoms with E-state index in [0.717, 1.165) is 34.3 Å². The standard InChI is InChI=1S/C11H12BrClO/c12-9-3-2-8(10(13)6-9)7-11(14)4-1-5-11/h2-3,6,14H,1,4-5,7H2. The molecule has 76 valence electrons. The van der Waals surface area contributed by atoms with Gasteiger partial charge in [-0.1, -0.05) is 33.6 Å². The summed E-state index contributed by atoms with van der Waals surface area (Å²) in [6.07, 6.45) is 3.61. The molecule has 3 heteroatoms. The van der Waals surface area contributed by atoms with Crippen LogP contribution in [-0.2, 0) is 6.42 Å². The van der Waals surface area contributed by atoms with Gasteiger partial charge in [-0.05, 0) is 37.0 Å². The average Bonchev–Trinajstić information content (AvgIpc) is 2.07. The highest BCUT2D eigenvalue weighted by molar-refractivity contribution is 9.10. The first-order chi connectivity index (χ1) is 6.59. The van der Waals surface area contributed by atoms with Crippen LogP contribution in [0.3, 0.4) is 0 Å². The molecule has 0 atom stereocenters. The van der Waals surface area contributed by atoms with Gasteiger partial charge in [0.2, 0.25) is 0 Å². The Morgan fingerprint density at radius 1 is 1.43 bits per heavy atom. The van der Waals surface area contributed by atoms with E-state index in [0.29, 0.717) is 6.42 Å². The van der Waals surface area contributed by atoms with Gasteiger partial charge in [-0.2, -0.15) is 0 Å². The Morgan fingerprint density at radius 2 is 2.14 bits per heavy atom. The molecule has 0 amide bonds. The number of rotatable bonds is 2. The van der Waals surface area contributed by atoms with Gasteiger partial charge in [-0.3, -0.25) is 0 Å². The molecule has 0 unspecified atom stereocenters. The highest BCUT2D eigenvalue weighted by Crippen LogP contribution is 2.36. The fourth-order valence-corrected chi connectivity index (χ4v) is 2.52. The minimum Gasteiger partial charge on any atom is -0.390 e. The van der Waals surface area contributed by atoms with Gasteiger partial charge in [-0.15, -0.1) is 0 Å². The summed E-state index contributed by atoms with van der Waals surface area (Å²) in [5.41, 5.74) is 0.550. The van der Waals surface area contributed by atoms with Crippen LogP contribution in [0.15, 0.2) is 22.7 Å². The van der Waals surface area contributed by atoms with Crippen molar-refractivity contribution in [2.45, 2.75) is 31.3 Å². The molecule has 0 saturated heterocycles. The molecule has 14 heavy (non-hydrogen) atoms. The Morgan fingerprint density at radius 3 is 2.64 bits per heavy atom. The predicted octanol–water partition coefficient (Wildman–Crippen LogP) is 3.56. The zero-order valence-electron chi connectivity index (χ0n) is 7.76. The zero-order valence-corrected chi connectivity index (χ0v) is 10.1. The second-order valence-electron chi connectivity index (χ2n) is 3.99. The summed E-state index contributed by atoms with van der Waals surface area (Å²) in [5, 5.41) is 10.7. The van der Waals surface area contributed by atoms with Gasteiger partial charge >= 0.3 is 0 Å². The normalized spacial score (nSPS) is 19.1. The molecule has 1 aromatic rings. The van der Waals surface area contributed by atoms with Gasteiger partial charge in [0, 0.05) is 15.9 Å². The van der Waals surface area contributed by atoms with Crippen LogP contribution < -0.4 is 0 Å². The molecule has 0 heterocycles. The summed E-state index contributed by atoms with van der Waals surface area (Å²) in [7, 11) is 0. The van der Waals surface area contributed by atoms with E-state index in [-0.39, 0.29) is 0 Å². The lowest BCUT2D eigenvalue weighted by Gasteiger charge is -2.36. The monoisotopic (exact) mass is 274 g/mol. The van der Waals surface area contributed by atoms with Crippen LogP contribution in [-0.4, -0.2) is 10.7 Å². The maximum atomic E-state index is 9.99. The third-order valence-electron chi connectivity index (χ3n) is 2.82. The van der Waals surface area contributed by atoms with Crippen LogP contribution in [0.25, 0.3) is 0 Å². The second kappa shape index (κ2) is 3.84. The van der Waals surface area contributed by atoms with E-state index >= 15 is 0 Å². The highest BCUT2D eigenvalue weighted by atomic mass is 79.9. The predicted molar refractivity (Wildman–Crippen MR) is 61.7 cm³/mol. The number of hydrogen-bond acceptors (Lipinski definition) is 1. The smallest absolute Gasteiger partial charge is 0.0688 e. The third-order valence-corrected chi connectivity index (χ3v) is 3.66. The summed E-state index contributed by atoms with van der Waals surface area (Å²) in [5.74, 6) is 0. The molecule has 0 aromatic heterocycles. The fraction of sp³-hybridized carbons (Fsp3) is 0.455. The van der Waals surface area contributed by atoms with Gasteiger partial charge in [-0.25, -0.2) is 0 Å². The van der Waals surface area contributed by atoms with Gasteiger partial charge in [0.25, 0.3) is 0 Å². The molecule has 1 saturated carbocycles. The first-order valence-electron chi connectivity index (χ1n) is 4.75. The Bertz CT molecular complexity index is 347. The first kappa shape index (κ1) is 10.5. The van der Waals surface area contributed by atoms with E-state index in [1.807, 2.05) is 18.2 Å². The Labute approximate surface area is 97.2 Å². The molecule has 0 bridgehead atoms. The maximum absolute atomic E-state index is 9.99. The SMILES string of the molecule is OC1(Cc2ccc(Br)cc2Cl)CCC1. The molecule has 1 N–H and O–H groups in total. The molecule has 1 aliphatic carbocycles. The van der Waals surface area contributed by atoms with Crippen molar-refractivity contribution in [1.29, 1.82) is 0 Å². The van der Waals surface area contributed by atoms with Crippen molar-refractivity contribution < 1.29 is 5.11 Å². The van der Waals surface area contributed by atoms with E-state index < -0.39 is 5.60 Å². The zero-order chi connectivity index (χ0) is 10.2. The van der Waals surface area contributed by atoms with E-state index in [9.17, 15) is 5.11 Å². The Hall–Kier alpha value is -0.0500. The van der Waals surface area contributed by atoms with Crippen molar-refractivity contribution in [3.05, 3.63) is 33.3 Å². The molecular formula is C11H12BrClO. The number of benzene rings is 1. The van der Waals surface area contributed by atoms with Gasteiger partial charge in [0.15, 0.2) is 0 Å². The molecule has 1 fully saturated rings. The molecule has 0 aliphatic heterocycles. The molecule has 2 rings (SSSR count). The van der Waals surface area contributed by atoms with Crippen molar-refractivity contribution in [3.8, 4) is 0 Å². The van der Waals surface area contributed by atoms with Crippen LogP contribution in [0.5, 0.6) is 0 Å². The molecule has 1 nitrogen and oxygen atoms in total. The molecule has 1 aromatic carbocycles. The van der Waals surface area contributed by atoms with Gasteiger partial charge in [0.1, 0.15) is 0 Å². The highest BCUT2D eigenvalue weighted by Gasteiger charge is 2.34. The summed E-state index contributed by atoms with van der Waals surface area (Å²) in [6.45, 7) is 0. The number of hydrogen-bond donors (Lipinski definition) is 1. The third kappa shape index (κ3) is 2.13. The fourth-order valence-electron chi connectivity index (χ4n) is 1.78. The van der Waals surface area contributed by atoms with Crippen molar-refractivity contribution in [2.75, 3.05) is 0 Å². The first-order valence-corrected chi connectivity index (χ1v) is 5.92. The average molecular weight is 276 g/mol. The van der Waals surface area contributed by atoms with E-state index in [2.05, 4.69) is 15.9 Å². The van der Waals surface area contributed by atoms with Gasteiger partial charge < -0.3 is 5.11 Å². The topological polar surface area (TPSA) is 20.2 Å². The summed E-state index contributed by atoms with van der Waals surface area (Å²) >= 11 is 9.44. The lowest BCUT2D eigenvalue weighted by Crippen LogP contribution is -2.38. The Balaban J connectivity index is 2.16. The molecular weight excluding hydrogens is 263 g/mol. The Kier molecular flexibility index (Phi) is 2.87. The van der Waals surface area contributed by atoms with Crippen molar-refractivity contribution >= 4 is 27.5 Å². The molecule has 0 spiro atoms. The van der Waals surface area contributed by atoms with Crippen LogP contribution in [0.1, 0.15) is 24.8 Å². The van der Waals surface area contributed by atoms with Gasteiger partial charge in [0.05, 0.1) is 5.60 Å². The van der Waals surface area contributed by atoms with Crippen molar-refractivity contribution in [1.82, 2.24) is 0 Å². The van der Waals surface area contributed by atoms with E-state index in [1.54, 1.807) is 0 Å². The quantitative estimate of drug-likeness (QED) is 0.875. The number of aliphatic hydroxyl groups is 1. The van der Waals surface area contributed by atoms with Crippen LogP contribution in [0.4, 0.5) is 0 Å². The van der Waals surface area contributed by atoms with E-state index in [4.69, 9.17) is 11.6 Å². The summed E-state index contributed by atoms with van der Waals surface area (Å²) in [4.78, 5) is 0. The number of halogens is 2.